The average Bonchev–Trinajstić information content (AvgIpc) is 2.25. The summed E-state index contributed by atoms with van der Waals surface area (Å²) in [5, 5.41) is 3.11. The molecule has 0 aliphatic carbocycles. The van der Waals surface area contributed by atoms with Gasteiger partial charge in [-0.1, -0.05) is 19.1 Å². The summed E-state index contributed by atoms with van der Waals surface area (Å²) in [5.74, 6) is 0.313. The van der Waals surface area contributed by atoms with Gasteiger partial charge in [-0.15, -0.1) is 0 Å². The van der Waals surface area contributed by atoms with Crippen LogP contribution in [-0.4, -0.2) is 27.8 Å². The summed E-state index contributed by atoms with van der Waals surface area (Å²) >= 11 is 0. The molecule has 0 heterocycles. The van der Waals surface area contributed by atoms with Crippen LogP contribution in [0.5, 0.6) is 0 Å². The second kappa shape index (κ2) is 5.32. The lowest BCUT2D eigenvalue weighted by atomic mass is 10.2. The van der Waals surface area contributed by atoms with Gasteiger partial charge in [0.05, 0.1) is 10.6 Å². The Hall–Kier alpha value is -1.07. The molecule has 0 aliphatic rings. The third-order valence-electron chi connectivity index (χ3n) is 2.33. The zero-order valence-corrected chi connectivity index (χ0v) is 10.4. The Morgan fingerprint density at radius 2 is 2.00 bits per heavy atom. The fraction of sp³-hybridized carbons (Fsp3) is 0.455. The van der Waals surface area contributed by atoms with Gasteiger partial charge in [0.15, 0.2) is 9.84 Å². The van der Waals surface area contributed by atoms with Gasteiger partial charge in [0.2, 0.25) is 0 Å². The summed E-state index contributed by atoms with van der Waals surface area (Å²) in [5.41, 5.74) is 6.15. The highest BCUT2D eigenvalue weighted by molar-refractivity contribution is 7.90. The molecule has 4 nitrogen and oxygen atoms in total. The molecule has 1 rings (SSSR count). The molecule has 1 aromatic carbocycles. The van der Waals surface area contributed by atoms with Crippen LogP contribution < -0.4 is 11.1 Å². The van der Waals surface area contributed by atoms with Crippen LogP contribution in [-0.2, 0) is 9.84 Å². The molecule has 3 N–H and O–H groups in total. The van der Waals surface area contributed by atoms with Crippen molar-refractivity contribution in [3.05, 3.63) is 24.3 Å². The van der Waals surface area contributed by atoms with Crippen LogP contribution >= 0.6 is 0 Å². The van der Waals surface area contributed by atoms with E-state index in [0.717, 1.165) is 0 Å². The van der Waals surface area contributed by atoms with Gasteiger partial charge in [-0.25, -0.2) is 8.42 Å². The minimum Gasteiger partial charge on any atom is -0.384 e. The van der Waals surface area contributed by atoms with Crippen LogP contribution in [0.2, 0.25) is 0 Å². The Bertz CT molecular complexity index is 443. The second-order valence-electron chi connectivity index (χ2n) is 3.99. The molecule has 1 aromatic rings. The highest BCUT2D eigenvalue weighted by atomic mass is 32.2. The van der Waals surface area contributed by atoms with E-state index in [1.54, 1.807) is 18.2 Å². The van der Waals surface area contributed by atoms with E-state index in [2.05, 4.69) is 5.32 Å². The highest BCUT2D eigenvalue weighted by Gasteiger charge is 2.12. The van der Waals surface area contributed by atoms with Crippen LogP contribution in [0.4, 0.5) is 5.69 Å². The zero-order valence-electron chi connectivity index (χ0n) is 9.60. The average molecular weight is 242 g/mol. The molecular weight excluding hydrogens is 224 g/mol. The summed E-state index contributed by atoms with van der Waals surface area (Å²) < 4.78 is 23.0. The molecule has 0 fully saturated rings. The van der Waals surface area contributed by atoms with Gasteiger partial charge in [0.25, 0.3) is 0 Å². The summed E-state index contributed by atoms with van der Waals surface area (Å²) in [7, 11) is -3.18. The zero-order chi connectivity index (χ0) is 12.2. The molecule has 0 spiro atoms. The van der Waals surface area contributed by atoms with E-state index >= 15 is 0 Å². The van der Waals surface area contributed by atoms with Crippen molar-refractivity contribution in [2.45, 2.75) is 11.8 Å². The predicted octanol–water partition coefficient (Wildman–Crippen LogP) is 1.10. The fourth-order valence-corrected chi connectivity index (χ4v) is 2.17. The molecule has 0 aliphatic heterocycles. The molecule has 0 saturated carbocycles. The Morgan fingerprint density at radius 1 is 1.38 bits per heavy atom. The van der Waals surface area contributed by atoms with Gasteiger partial charge in [-0.2, -0.15) is 0 Å². The minimum absolute atomic E-state index is 0.313. The van der Waals surface area contributed by atoms with E-state index in [1.807, 2.05) is 13.0 Å². The van der Waals surface area contributed by atoms with Crippen molar-refractivity contribution in [2.24, 2.45) is 11.7 Å². The number of benzene rings is 1. The Labute approximate surface area is 96.8 Å². The normalized spacial score (nSPS) is 13.4. The summed E-state index contributed by atoms with van der Waals surface area (Å²) in [6.07, 6.45) is 1.21. The van der Waals surface area contributed by atoms with Crippen LogP contribution in [0, 0.1) is 5.92 Å². The molecule has 0 aromatic heterocycles. The molecule has 0 saturated heterocycles. The Kier molecular flexibility index (Phi) is 4.32. The van der Waals surface area contributed by atoms with Gasteiger partial charge < -0.3 is 11.1 Å². The number of rotatable bonds is 5. The minimum atomic E-state index is -3.18. The first-order valence-corrected chi connectivity index (χ1v) is 7.07. The van der Waals surface area contributed by atoms with Crippen LogP contribution in [0.3, 0.4) is 0 Å². The van der Waals surface area contributed by atoms with Gasteiger partial charge in [-0.3, -0.25) is 0 Å². The van der Waals surface area contributed by atoms with Crippen molar-refractivity contribution >= 4 is 15.5 Å². The number of sulfone groups is 1. The lowest BCUT2D eigenvalue weighted by Gasteiger charge is -2.13. The fourth-order valence-electron chi connectivity index (χ4n) is 1.30. The molecule has 0 radical (unpaired) electrons. The summed E-state index contributed by atoms with van der Waals surface area (Å²) in [6.45, 7) is 3.26. The van der Waals surface area contributed by atoms with Crippen molar-refractivity contribution in [3.8, 4) is 0 Å². The Balaban J connectivity index is 2.88. The van der Waals surface area contributed by atoms with Gasteiger partial charge in [0, 0.05) is 12.8 Å². The number of anilines is 1. The van der Waals surface area contributed by atoms with Crippen molar-refractivity contribution in [2.75, 3.05) is 24.7 Å². The van der Waals surface area contributed by atoms with Gasteiger partial charge in [-0.05, 0) is 24.6 Å². The molecular formula is C11H18N2O2S. The smallest absolute Gasteiger partial charge is 0.177 e. The lowest BCUT2D eigenvalue weighted by molar-refractivity contribution is 0.601. The van der Waals surface area contributed by atoms with Crippen LogP contribution in [0.15, 0.2) is 29.2 Å². The van der Waals surface area contributed by atoms with E-state index in [9.17, 15) is 8.42 Å². The standard InChI is InChI=1S/C11H18N2O2S/c1-9(7-12)8-13-10-5-3-4-6-11(10)16(2,14)15/h3-6,9,13H,7-8,12H2,1-2H3. The maximum atomic E-state index is 11.5. The number of nitrogens with one attached hydrogen (secondary N) is 1. The molecule has 90 valence electrons. The number of hydrogen-bond donors (Lipinski definition) is 2. The molecule has 1 atom stereocenters. The third-order valence-corrected chi connectivity index (χ3v) is 3.48. The predicted molar refractivity (Wildman–Crippen MR) is 66.3 cm³/mol. The molecule has 16 heavy (non-hydrogen) atoms. The van der Waals surface area contributed by atoms with E-state index < -0.39 is 9.84 Å². The monoisotopic (exact) mass is 242 g/mol. The maximum Gasteiger partial charge on any atom is 0.177 e. The summed E-state index contributed by atoms with van der Waals surface area (Å²) in [4.78, 5) is 0.333. The highest BCUT2D eigenvalue weighted by Crippen LogP contribution is 2.20. The maximum absolute atomic E-state index is 11.5. The first kappa shape index (κ1) is 13.0. The van der Waals surface area contributed by atoms with Crippen molar-refractivity contribution < 1.29 is 8.42 Å². The van der Waals surface area contributed by atoms with Crippen molar-refractivity contribution in [1.82, 2.24) is 0 Å². The molecule has 5 heteroatoms. The molecule has 1 unspecified atom stereocenters. The first-order valence-electron chi connectivity index (χ1n) is 5.18. The number of para-hydroxylation sites is 1. The van der Waals surface area contributed by atoms with Crippen molar-refractivity contribution in [3.63, 3.8) is 0 Å². The number of nitrogens with two attached hydrogens (primary N) is 1. The van der Waals surface area contributed by atoms with Crippen LogP contribution in [0.1, 0.15) is 6.92 Å². The van der Waals surface area contributed by atoms with E-state index in [0.29, 0.717) is 29.6 Å². The van der Waals surface area contributed by atoms with E-state index in [1.165, 1.54) is 6.26 Å². The topological polar surface area (TPSA) is 72.2 Å². The van der Waals surface area contributed by atoms with Crippen molar-refractivity contribution in [1.29, 1.82) is 0 Å². The largest absolute Gasteiger partial charge is 0.384 e. The SMILES string of the molecule is CC(CN)CNc1ccccc1S(C)(=O)=O. The quantitative estimate of drug-likeness (QED) is 0.811. The number of hydrogen-bond acceptors (Lipinski definition) is 4. The van der Waals surface area contributed by atoms with Gasteiger partial charge >= 0.3 is 0 Å². The van der Waals surface area contributed by atoms with E-state index in [-0.39, 0.29) is 0 Å². The third kappa shape index (κ3) is 3.50. The lowest BCUT2D eigenvalue weighted by Crippen LogP contribution is -2.20. The van der Waals surface area contributed by atoms with Crippen LogP contribution in [0.25, 0.3) is 0 Å². The molecule has 0 bridgehead atoms. The first-order chi connectivity index (χ1) is 7.45. The molecule has 0 amide bonds. The Morgan fingerprint density at radius 3 is 2.56 bits per heavy atom. The summed E-state index contributed by atoms with van der Waals surface area (Å²) in [6, 6.07) is 6.89. The van der Waals surface area contributed by atoms with Gasteiger partial charge in [0.1, 0.15) is 0 Å². The second-order valence-corrected chi connectivity index (χ2v) is 5.97. The van der Waals surface area contributed by atoms with E-state index in [4.69, 9.17) is 5.73 Å².